The van der Waals surface area contributed by atoms with Crippen LogP contribution in [-0.2, 0) is 6.42 Å². The monoisotopic (exact) mass is 268 g/mol. The van der Waals surface area contributed by atoms with Gasteiger partial charge in [0.05, 0.1) is 26.2 Å². The number of quaternary nitrogens is 1. The fraction of sp³-hybridized carbons (Fsp3) is 0.235. The first-order chi connectivity index (χ1) is 9.56. The molecular weight excluding hydrogens is 250 g/mol. The second-order valence-corrected chi connectivity index (χ2v) is 5.70. The summed E-state index contributed by atoms with van der Waals surface area (Å²) in [4.78, 5) is 12.0. The Morgan fingerprint density at radius 3 is 2.60 bits per heavy atom. The molecule has 0 spiro atoms. The van der Waals surface area contributed by atoms with Gasteiger partial charge in [0.15, 0.2) is 0 Å². The predicted molar refractivity (Wildman–Crippen MR) is 80.1 cm³/mol. The van der Waals surface area contributed by atoms with Crippen LogP contribution in [0.5, 0.6) is 5.75 Å². The fourth-order valence-electron chi connectivity index (χ4n) is 2.68. The number of likely N-dealkylation sites (N-methyl/N-ethyl adjacent to an activating group) is 1. The van der Waals surface area contributed by atoms with Crippen molar-refractivity contribution in [3.05, 3.63) is 59.7 Å². The maximum absolute atomic E-state index is 12.0. The molecular formula is C17H18NO2+. The maximum atomic E-state index is 12.0. The lowest BCUT2D eigenvalue weighted by Gasteiger charge is -2.23. The van der Waals surface area contributed by atoms with Crippen LogP contribution in [0.1, 0.15) is 15.9 Å². The van der Waals surface area contributed by atoms with Crippen LogP contribution in [0, 0.1) is 0 Å². The molecule has 1 heterocycles. The van der Waals surface area contributed by atoms with E-state index >= 15 is 0 Å². The highest BCUT2D eigenvalue weighted by Gasteiger charge is 2.30. The van der Waals surface area contributed by atoms with E-state index in [2.05, 4.69) is 20.2 Å². The van der Waals surface area contributed by atoms with Gasteiger partial charge in [0, 0.05) is 18.1 Å². The summed E-state index contributed by atoms with van der Waals surface area (Å²) in [5.74, 6) is 0.316. The smallest absolute Gasteiger partial charge is 0.343 e. The average molecular weight is 268 g/mol. The second kappa shape index (κ2) is 4.76. The highest BCUT2D eigenvalue weighted by atomic mass is 16.5. The molecule has 2 aromatic rings. The molecule has 0 bridgehead atoms. The van der Waals surface area contributed by atoms with E-state index in [9.17, 15) is 4.79 Å². The fourth-order valence-corrected chi connectivity index (χ4v) is 2.68. The standard InChI is InChI=1S/C17H18NO2/c1-18(2)11-10-14-12-15(8-9-16(14)18)20-17(19)13-6-4-3-5-7-13/h3-9,12H,10-11H2,1-2H3/q+1. The third-order valence-corrected chi connectivity index (χ3v) is 3.86. The van der Waals surface area contributed by atoms with E-state index in [1.165, 1.54) is 11.3 Å². The van der Waals surface area contributed by atoms with Crippen LogP contribution in [0.3, 0.4) is 0 Å². The van der Waals surface area contributed by atoms with Gasteiger partial charge in [-0.3, -0.25) is 4.48 Å². The summed E-state index contributed by atoms with van der Waals surface area (Å²) in [5.41, 5.74) is 3.15. The quantitative estimate of drug-likeness (QED) is 0.475. The second-order valence-electron chi connectivity index (χ2n) is 5.70. The summed E-state index contributed by atoms with van der Waals surface area (Å²) in [6.45, 7) is 1.09. The van der Waals surface area contributed by atoms with Gasteiger partial charge < -0.3 is 4.74 Å². The van der Waals surface area contributed by atoms with Crippen LogP contribution >= 0.6 is 0 Å². The number of benzene rings is 2. The van der Waals surface area contributed by atoms with Gasteiger partial charge in [-0.2, -0.15) is 0 Å². The average Bonchev–Trinajstić information content (AvgIpc) is 2.75. The molecule has 0 saturated carbocycles. The van der Waals surface area contributed by atoms with E-state index in [1.54, 1.807) is 12.1 Å². The topological polar surface area (TPSA) is 26.3 Å². The normalized spacial score (nSPS) is 15.7. The van der Waals surface area contributed by atoms with Crippen molar-refractivity contribution in [2.75, 3.05) is 20.6 Å². The number of carbonyl (C=O) groups is 1. The van der Waals surface area contributed by atoms with Crippen molar-refractivity contribution in [2.45, 2.75) is 6.42 Å². The van der Waals surface area contributed by atoms with Crippen molar-refractivity contribution in [1.29, 1.82) is 0 Å². The first kappa shape index (κ1) is 12.9. The number of hydrogen-bond acceptors (Lipinski definition) is 2. The number of nitrogens with zero attached hydrogens (tertiary/aromatic N) is 1. The molecule has 0 atom stereocenters. The molecule has 0 N–H and O–H groups in total. The molecule has 1 aliphatic heterocycles. The van der Waals surface area contributed by atoms with Crippen LogP contribution in [0.4, 0.5) is 5.69 Å². The van der Waals surface area contributed by atoms with Gasteiger partial charge in [0.25, 0.3) is 0 Å². The van der Waals surface area contributed by atoms with Gasteiger partial charge in [0.1, 0.15) is 11.4 Å². The van der Waals surface area contributed by atoms with Gasteiger partial charge in [-0.1, -0.05) is 18.2 Å². The predicted octanol–water partition coefficient (Wildman–Crippen LogP) is 3.03. The summed E-state index contributed by atoms with van der Waals surface area (Å²) < 4.78 is 6.34. The Bertz CT molecular complexity index is 647. The van der Waals surface area contributed by atoms with E-state index in [1.807, 2.05) is 30.3 Å². The van der Waals surface area contributed by atoms with Gasteiger partial charge in [-0.05, 0) is 24.3 Å². The molecule has 3 rings (SSSR count). The molecule has 0 radical (unpaired) electrons. The first-order valence-electron chi connectivity index (χ1n) is 6.80. The van der Waals surface area contributed by atoms with Crippen molar-refractivity contribution in [3.63, 3.8) is 0 Å². The Kier molecular flexibility index (Phi) is 3.07. The van der Waals surface area contributed by atoms with Crippen LogP contribution in [0.25, 0.3) is 0 Å². The highest BCUT2D eigenvalue weighted by molar-refractivity contribution is 5.91. The van der Waals surface area contributed by atoms with E-state index in [4.69, 9.17) is 4.74 Å². The van der Waals surface area contributed by atoms with Crippen molar-refractivity contribution >= 4 is 11.7 Å². The molecule has 0 amide bonds. The van der Waals surface area contributed by atoms with E-state index < -0.39 is 0 Å². The summed E-state index contributed by atoms with van der Waals surface area (Å²) in [6.07, 6.45) is 1.03. The number of fused-ring (bicyclic) bond motifs is 1. The zero-order chi connectivity index (χ0) is 14.2. The zero-order valence-corrected chi connectivity index (χ0v) is 11.8. The largest absolute Gasteiger partial charge is 0.423 e. The number of esters is 1. The minimum atomic E-state index is -0.308. The van der Waals surface area contributed by atoms with Crippen LogP contribution in [0.2, 0.25) is 0 Å². The lowest BCUT2D eigenvalue weighted by molar-refractivity contribution is 0.0734. The Morgan fingerprint density at radius 1 is 1.10 bits per heavy atom. The molecule has 1 aliphatic rings. The molecule has 0 unspecified atom stereocenters. The van der Waals surface area contributed by atoms with E-state index in [-0.39, 0.29) is 5.97 Å². The van der Waals surface area contributed by atoms with Crippen LogP contribution in [-0.4, -0.2) is 26.6 Å². The van der Waals surface area contributed by atoms with Crippen molar-refractivity contribution < 1.29 is 9.53 Å². The lowest BCUT2D eigenvalue weighted by atomic mass is 10.1. The number of rotatable bonds is 2. The molecule has 2 aromatic carbocycles. The highest BCUT2D eigenvalue weighted by Crippen LogP contribution is 2.34. The van der Waals surface area contributed by atoms with Gasteiger partial charge in [0.2, 0.25) is 0 Å². The number of ether oxygens (including phenoxy) is 1. The van der Waals surface area contributed by atoms with Crippen molar-refractivity contribution in [3.8, 4) is 5.75 Å². The molecule has 20 heavy (non-hydrogen) atoms. The summed E-state index contributed by atoms with van der Waals surface area (Å²) in [7, 11) is 4.39. The summed E-state index contributed by atoms with van der Waals surface area (Å²) in [5, 5.41) is 0. The molecule has 0 fully saturated rings. The molecule has 3 nitrogen and oxygen atoms in total. The Balaban J connectivity index is 1.82. The van der Waals surface area contributed by atoms with Crippen LogP contribution < -0.4 is 9.22 Å². The third kappa shape index (κ3) is 2.32. The summed E-state index contributed by atoms with van der Waals surface area (Å²) >= 11 is 0. The first-order valence-corrected chi connectivity index (χ1v) is 6.80. The maximum Gasteiger partial charge on any atom is 0.343 e. The van der Waals surface area contributed by atoms with E-state index in [0.29, 0.717) is 11.3 Å². The number of carbonyl (C=O) groups excluding carboxylic acids is 1. The Morgan fingerprint density at radius 2 is 1.85 bits per heavy atom. The van der Waals surface area contributed by atoms with Gasteiger partial charge in [-0.25, -0.2) is 4.79 Å². The van der Waals surface area contributed by atoms with E-state index in [0.717, 1.165) is 17.4 Å². The molecule has 0 aliphatic carbocycles. The Hall–Kier alpha value is -2.13. The van der Waals surface area contributed by atoms with Gasteiger partial charge >= 0.3 is 5.97 Å². The minimum absolute atomic E-state index is 0.308. The SMILES string of the molecule is C[N+]1(C)CCc2cc(OC(=O)c3ccccc3)ccc21. The van der Waals surface area contributed by atoms with Gasteiger partial charge in [-0.15, -0.1) is 0 Å². The van der Waals surface area contributed by atoms with Crippen molar-refractivity contribution in [2.24, 2.45) is 0 Å². The number of hydrogen-bond donors (Lipinski definition) is 0. The molecule has 3 heteroatoms. The van der Waals surface area contributed by atoms with Crippen molar-refractivity contribution in [1.82, 2.24) is 4.48 Å². The molecule has 0 saturated heterocycles. The Labute approximate surface area is 119 Å². The zero-order valence-electron chi connectivity index (χ0n) is 11.8. The molecule has 102 valence electrons. The third-order valence-electron chi connectivity index (χ3n) is 3.86. The van der Waals surface area contributed by atoms with Crippen LogP contribution in [0.15, 0.2) is 48.5 Å². The minimum Gasteiger partial charge on any atom is -0.423 e. The molecule has 0 aromatic heterocycles. The summed E-state index contributed by atoms with van der Waals surface area (Å²) in [6, 6.07) is 15.0. The lowest BCUT2D eigenvalue weighted by Crippen LogP contribution is -2.37.